The zero-order chi connectivity index (χ0) is 20.5. The number of imidazole rings is 1. The van der Waals surface area contributed by atoms with Crippen LogP contribution < -0.4 is 0 Å². The molecule has 0 aliphatic carbocycles. The fourth-order valence-corrected chi connectivity index (χ4v) is 4.27. The zero-order valence-electron chi connectivity index (χ0n) is 17.4. The number of hydrogen-bond donors (Lipinski definition) is 0. The quantitative estimate of drug-likeness (QED) is 0.526. The number of pyridine rings is 3. The molecule has 0 bridgehead atoms. The van der Waals surface area contributed by atoms with Gasteiger partial charge in [0.25, 0.3) is 0 Å². The van der Waals surface area contributed by atoms with E-state index in [9.17, 15) is 0 Å². The number of rotatable bonds is 4. The second kappa shape index (κ2) is 7.97. The normalized spacial score (nSPS) is 18.1. The molecule has 30 heavy (non-hydrogen) atoms. The van der Waals surface area contributed by atoms with Crippen LogP contribution in [0.25, 0.3) is 16.6 Å². The lowest BCUT2D eigenvalue weighted by molar-refractivity contribution is 0.0883. The molecule has 0 N–H and O–H groups in total. The Labute approximate surface area is 176 Å². The number of aryl methyl sites for hydroxylation is 1. The van der Waals surface area contributed by atoms with E-state index in [4.69, 9.17) is 4.98 Å². The van der Waals surface area contributed by atoms with Crippen LogP contribution in [-0.2, 0) is 6.54 Å². The van der Waals surface area contributed by atoms with Gasteiger partial charge in [-0.3, -0.25) is 19.8 Å². The van der Waals surface area contributed by atoms with Gasteiger partial charge in [-0.25, -0.2) is 4.98 Å². The molecule has 0 saturated carbocycles. The first-order chi connectivity index (χ1) is 14.7. The van der Waals surface area contributed by atoms with E-state index in [2.05, 4.69) is 67.7 Å². The van der Waals surface area contributed by atoms with Gasteiger partial charge >= 0.3 is 0 Å². The summed E-state index contributed by atoms with van der Waals surface area (Å²) in [6, 6.07) is 14.9. The molecule has 1 atom stereocenters. The number of nitrogens with zero attached hydrogens (tertiary/aromatic N) is 6. The summed E-state index contributed by atoms with van der Waals surface area (Å²) in [5.74, 6) is 0. The smallest absolute Gasteiger partial charge is 0.0996 e. The van der Waals surface area contributed by atoms with Gasteiger partial charge in [-0.1, -0.05) is 18.2 Å². The van der Waals surface area contributed by atoms with Crippen molar-refractivity contribution in [2.45, 2.75) is 19.5 Å². The summed E-state index contributed by atoms with van der Waals surface area (Å²) in [6.45, 7) is 5.93. The second-order valence-corrected chi connectivity index (χ2v) is 8.08. The molecule has 0 spiro atoms. The Morgan fingerprint density at radius 2 is 1.97 bits per heavy atom. The lowest BCUT2D eigenvalue weighted by Gasteiger charge is -2.38. The molecule has 1 aliphatic heterocycles. The highest BCUT2D eigenvalue weighted by Gasteiger charge is 2.28. The topological polar surface area (TPSA) is 49.6 Å². The fourth-order valence-electron chi connectivity index (χ4n) is 4.27. The average molecular weight is 399 g/mol. The third kappa shape index (κ3) is 3.72. The molecule has 1 saturated heterocycles. The maximum absolute atomic E-state index is 4.82. The summed E-state index contributed by atoms with van der Waals surface area (Å²) in [7, 11) is 2.20. The first kappa shape index (κ1) is 18.9. The van der Waals surface area contributed by atoms with Crippen LogP contribution in [0.15, 0.2) is 67.4 Å². The summed E-state index contributed by atoms with van der Waals surface area (Å²) >= 11 is 0. The summed E-state index contributed by atoms with van der Waals surface area (Å²) < 4.78 is 2.13. The highest BCUT2D eigenvalue weighted by atomic mass is 15.3. The maximum Gasteiger partial charge on any atom is 0.0996 e. The van der Waals surface area contributed by atoms with Crippen molar-refractivity contribution in [2.75, 3.05) is 26.7 Å². The van der Waals surface area contributed by atoms with Crippen LogP contribution in [0.1, 0.15) is 23.1 Å². The van der Waals surface area contributed by atoms with Crippen molar-refractivity contribution < 1.29 is 0 Å². The van der Waals surface area contributed by atoms with Gasteiger partial charge in [-0.15, -0.1) is 0 Å². The number of likely N-dealkylation sites (N-methyl/N-ethyl adjacent to an activating group) is 1. The van der Waals surface area contributed by atoms with Gasteiger partial charge in [0.1, 0.15) is 0 Å². The molecule has 6 nitrogen and oxygen atoms in total. The summed E-state index contributed by atoms with van der Waals surface area (Å²) in [5, 5.41) is 0. The molecule has 4 aromatic rings. The van der Waals surface area contributed by atoms with Crippen LogP contribution in [-0.4, -0.2) is 55.8 Å². The molecular weight excluding hydrogens is 372 g/mol. The third-order valence-corrected chi connectivity index (χ3v) is 5.93. The molecule has 6 heteroatoms. The molecule has 5 heterocycles. The van der Waals surface area contributed by atoms with E-state index >= 15 is 0 Å². The van der Waals surface area contributed by atoms with Crippen LogP contribution in [0.3, 0.4) is 0 Å². The Balaban J connectivity index is 1.40. The van der Waals surface area contributed by atoms with Crippen LogP contribution in [0.4, 0.5) is 0 Å². The zero-order valence-corrected chi connectivity index (χ0v) is 17.4. The number of fused-ring (bicyclic) bond motifs is 1. The van der Waals surface area contributed by atoms with Gasteiger partial charge in [-0.2, -0.15) is 0 Å². The van der Waals surface area contributed by atoms with Gasteiger partial charge in [-0.05, 0) is 43.8 Å². The standard InChI is InChI=1S/C24H26N6/c1-18-5-3-7-21(27-18)15-29-12-11-28(2)23(16-29)24-22-9-8-20(14-30(22)17-26-24)19-6-4-10-25-13-19/h3-10,13-14,17,23H,11-12,15-16H2,1-2H3/t23-/m1/s1. The lowest BCUT2D eigenvalue weighted by Crippen LogP contribution is -2.46. The van der Waals surface area contributed by atoms with Crippen LogP contribution in [0.5, 0.6) is 0 Å². The van der Waals surface area contributed by atoms with E-state index in [1.54, 1.807) is 6.20 Å². The van der Waals surface area contributed by atoms with Crippen molar-refractivity contribution >= 4 is 5.52 Å². The Morgan fingerprint density at radius 3 is 2.80 bits per heavy atom. The van der Waals surface area contributed by atoms with E-state index in [0.717, 1.165) is 59.9 Å². The van der Waals surface area contributed by atoms with E-state index in [1.165, 1.54) is 0 Å². The molecule has 1 fully saturated rings. The average Bonchev–Trinajstić information content (AvgIpc) is 3.19. The minimum atomic E-state index is 0.262. The molecule has 0 amide bonds. The molecule has 4 aromatic heterocycles. The Morgan fingerprint density at radius 1 is 1.03 bits per heavy atom. The fraction of sp³-hybridized carbons (Fsp3) is 0.292. The van der Waals surface area contributed by atoms with E-state index in [-0.39, 0.29) is 6.04 Å². The van der Waals surface area contributed by atoms with Crippen molar-refractivity contribution in [2.24, 2.45) is 0 Å². The predicted octanol–water partition coefficient (Wildman–Crippen LogP) is 3.59. The Hall–Kier alpha value is -3.09. The van der Waals surface area contributed by atoms with Crippen molar-refractivity contribution in [1.29, 1.82) is 0 Å². The van der Waals surface area contributed by atoms with Gasteiger partial charge in [0.05, 0.1) is 29.3 Å². The molecule has 5 rings (SSSR count). The maximum atomic E-state index is 4.82. The van der Waals surface area contributed by atoms with Crippen LogP contribution >= 0.6 is 0 Å². The summed E-state index contributed by atoms with van der Waals surface area (Å²) in [6.07, 6.45) is 7.76. The summed E-state index contributed by atoms with van der Waals surface area (Å²) in [5.41, 5.74) is 6.76. The second-order valence-electron chi connectivity index (χ2n) is 8.08. The van der Waals surface area contributed by atoms with E-state index < -0.39 is 0 Å². The van der Waals surface area contributed by atoms with E-state index in [1.807, 2.05) is 31.6 Å². The highest BCUT2D eigenvalue weighted by molar-refractivity contribution is 5.66. The minimum Gasteiger partial charge on any atom is -0.305 e. The van der Waals surface area contributed by atoms with Crippen molar-refractivity contribution in [3.63, 3.8) is 0 Å². The number of hydrogen-bond acceptors (Lipinski definition) is 5. The molecule has 152 valence electrons. The molecule has 0 unspecified atom stereocenters. The molecular formula is C24H26N6. The van der Waals surface area contributed by atoms with Crippen molar-refractivity contribution in [1.82, 2.24) is 29.2 Å². The Kier molecular flexibility index (Phi) is 5.02. The van der Waals surface area contributed by atoms with Gasteiger partial charge in [0, 0.05) is 56.0 Å². The van der Waals surface area contributed by atoms with Gasteiger partial charge < -0.3 is 4.40 Å². The highest BCUT2D eigenvalue weighted by Crippen LogP contribution is 2.28. The third-order valence-electron chi connectivity index (χ3n) is 5.93. The van der Waals surface area contributed by atoms with Crippen molar-refractivity contribution in [3.05, 3.63) is 84.5 Å². The van der Waals surface area contributed by atoms with E-state index in [0.29, 0.717) is 0 Å². The van der Waals surface area contributed by atoms with Gasteiger partial charge in [0.2, 0.25) is 0 Å². The molecule has 0 radical (unpaired) electrons. The first-order valence-electron chi connectivity index (χ1n) is 10.4. The summed E-state index contributed by atoms with van der Waals surface area (Å²) in [4.78, 5) is 18.6. The minimum absolute atomic E-state index is 0.262. The van der Waals surface area contributed by atoms with Crippen LogP contribution in [0, 0.1) is 6.92 Å². The number of piperazine rings is 1. The SMILES string of the molecule is Cc1cccc(CN2CCN(C)[C@@H](c3ncn4cc(-c5cccnc5)ccc34)C2)n1. The lowest BCUT2D eigenvalue weighted by atomic mass is 10.1. The number of aromatic nitrogens is 4. The molecule has 0 aromatic carbocycles. The first-order valence-corrected chi connectivity index (χ1v) is 10.4. The predicted molar refractivity (Wildman–Crippen MR) is 118 cm³/mol. The Bertz CT molecular complexity index is 1150. The van der Waals surface area contributed by atoms with Crippen molar-refractivity contribution in [3.8, 4) is 11.1 Å². The molecule has 1 aliphatic rings. The monoisotopic (exact) mass is 398 g/mol. The largest absolute Gasteiger partial charge is 0.305 e. The van der Waals surface area contributed by atoms with Crippen LogP contribution in [0.2, 0.25) is 0 Å². The van der Waals surface area contributed by atoms with Gasteiger partial charge in [0.15, 0.2) is 0 Å².